The van der Waals surface area contributed by atoms with Gasteiger partial charge in [-0.2, -0.15) is 8.78 Å². The number of hydrogen-bond acceptors (Lipinski definition) is 8. The van der Waals surface area contributed by atoms with E-state index in [0.717, 1.165) is 18.3 Å². The molecule has 0 saturated carbocycles. The fourth-order valence-corrected chi connectivity index (χ4v) is 7.86. The molecule has 0 unspecified atom stereocenters. The maximum absolute atomic E-state index is 15.1. The summed E-state index contributed by atoms with van der Waals surface area (Å²) in [5.41, 5.74) is 4.77. The normalized spacial score (nSPS) is 27.2. The third-order valence-electron chi connectivity index (χ3n) is 6.42. The van der Waals surface area contributed by atoms with Gasteiger partial charge in [0.25, 0.3) is 0 Å². The van der Waals surface area contributed by atoms with Crippen LogP contribution in [0.15, 0.2) is 33.8 Å². The average Bonchev–Trinajstić information content (AvgIpc) is 3.18. The first-order chi connectivity index (χ1) is 16.3. The SMILES string of the molecule is CC1(C)C(N)=N[C@](C)(c2nc(CC(=O)c3ncc(OC(F)F)cc3Cl)ccc2F)[C@@H]2CCN=[S@@]21=O. The molecule has 0 fully saturated rings. The Labute approximate surface area is 205 Å². The molecule has 2 aliphatic rings. The zero-order valence-electron chi connectivity index (χ0n) is 19.1. The lowest BCUT2D eigenvalue weighted by molar-refractivity contribution is -0.0500. The van der Waals surface area contributed by atoms with Crippen molar-refractivity contribution in [1.29, 1.82) is 0 Å². The van der Waals surface area contributed by atoms with Gasteiger partial charge < -0.3 is 10.5 Å². The Kier molecular flexibility index (Phi) is 6.33. The highest BCUT2D eigenvalue weighted by atomic mass is 35.5. The van der Waals surface area contributed by atoms with Gasteiger partial charge in [0.15, 0.2) is 5.78 Å². The zero-order chi connectivity index (χ0) is 25.8. The van der Waals surface area contributed by atoms with Crippen LogP contribution in [-0.2, 0) is 21.7 Å². The van der Waals surface area contributed by atoms with E-state index in [4.69, 9.17) is 17.3 Å². The number of aromatic nitrogens is 2. The summed E-state index contributed by atoms with van der Waals surface area (Å²) in [7, 11) is -2.89. The molecule has 0 aromatic carbocycles. The second-order valence-corrected chi connectivity index (χ2v) is 12.4. The third kappa shape index (κ3) is 4.16. The number of nitrogens with two attached hydrogens (primary N) is 1. The minimum absolute atomic E-state index is 0.0872. The van der Waals surface area contributed by atoms with Crippen molar-refractivity contribution in [2.24, 2.45) is 15.1 Å². The van der Waals surface area contributed by atoms with Crippen molar-refractivity contribution in [1.82, 2.24) is 9.97 Å². The Morgan fingerprint density at radius 1 is 1.34 bits per heavy atom. The monoisotopic (exact) mass is 529 g/mol. The standard InChI is InChI=1S/C22H23ClF3N5O3S/c1-21(2)19(27)31-22(3,16-6-7-29-35(16,21)33)18-14(24)5-4-11(30-18)8-15(32)17-13(23)9-12(10-28-17)34-20(25)26/h4-5,9-10,16,20H,6-8H2,1-3H3,(H2,27,31)/t16-,22-,35+/m0/s1. The van der Waals surface area contributed by atoms with Crippen LogP contribution >= 0.6 is 11.6 Å². The predicted octanol–water partition coefficient (Wildman–Crippen LogP) is 3.90. The van der Waals surface area contributed by atoms with Gasteiger partial charge in [0.1, 0.15) is 39.1 Å². The van der Waals surface area contributed by atoms with Crippen LogP contribution in [0.4, 0.5) is 13.2 Å². The lowest BCUT2D eigenvalue weighted by Gasteiger charge is -2.44. The number of ketones is 1. The van der Waals surface area contributed by atoms with Crippen molar-refractivity contribution in [3.8, 4) is 5.75 Å². The Hall–Kier alpha value is -2.73. The molecule has 13 heteroatoms. The molecule has 0 bridgehead atoms. The number of Topliss-reactive ketones (excluding diaryl/α,β-unsaturated/α-hetero) is 1. The second-order valence-electron chi connectivity index (χ2n) is 8.97. The van der Waals surface area contributed by atoms with Crippen molar-refractivity contribution >= 4 is 32.9 Å². The van der Waals surface area contributed by atoms with Crippen molar-refractivity contribution in [2.75, 3.05) is 6.54 Å². The molecular formula is C22H23ClF3N5O3S. The molecule has 4 heterocycles. The molecule has 35 heavy (non-hydrogen) atoms. The van der Waals surface area contributed by atoms with Gasteiger partial charge in [-0.1, -0.05) is 11.6 Å². The van der Waals surface area contributed by atoms with E-state index in [9.17, 15) is 17.8 Å². The molecule has 3 atom stereocenters. The van der Waals surface area contributed by atoms with Gasteiger partial charge in [0, 0.05) is 18.3 Å². The van der Waals surface area contributed by atoms with E-state index in [1.807, 2.05) is 0 Å². The van der Waals surface area contributed by atoms with E-state index in [-0.39, 0.29) is 40.1 Å². The van der Waals surface area contributed by atoms with Crippen molar-refractivity contribution in [2.45, 2.75) is 55.8 Å². The van der Waals surface area contributed by atoms with Crippen molar-refractivity contribution in [3.05, 3.63) is 52.3 Å². The highest BCUT2D eigenvalue weighted by Crippen LogP contribution is 2.47. The Balaban J connectivity index is 1.69. The van der Waals surface area contributed by atoms with Gasteiger partial charge >= 0.3 is 6.61 Å². The fourth-order valence-electron chi connectivity index (χ4n) is 4.45. The number of carbonyl (C=O) groups excluding carboxylic acids is 1. The summed E-state index contributed by atoms with van der Waals surface area (Å²) in [6.45, 7) is 2.31. The second kappa shape index (κ2) is 8.74. The summed E-state index contributed by atoms with van der Waals surface area (Å²) in [6, 6.07) is 3.54. The van der Waals surface area contributed by atoms with Gasteiger partial charge in [-0.25, -0.2) is 17.9 Å². The van der Waals surface area contributed by atoms with Crippen LogP contribution in [0.2, 0.25) is 5.02 Å². The smallest absolute Gasteiger partial charge is 0.387 e. The summed E-state index contributed by atoms with van der Waals surface area (Å²) in [5.74, 6) is -1.45. The first kappa shape index (κ1) is 25.4. The zero-order valence-corrected chi connectivity index (χ0v) is 20.7. The fraction of sp³-hybridized carbons (Fsp3) is 0.455. The maximum atomic E-state index is 15.1. The highest BCUT2D eigenvalue weighted by molar-refractivity contribution is 7.96. The third-order valence-corrected chi connectivity index (χ3v) is 10.4. The first-order valence-corrected chi connectivity index (χ1v) is 12.6. The van der Waals surface area contributed by atoms with Gasteiger partial charge in [-0.3, -0.25) is 14.8 Å². The first-order valence-electron chi connectivity index (χ1n) is 10.7. The Morgan fingerprint density at radius 2 is 2.06 bits per heavy atom. The lowest BCUT2D eigenvalue weighted by atomic mass is 9.89. The number of aliphatic imine (C=N–C) groups is 1. The van der Waals surface area contributed by atoms with E-state index < -0.39 is 43.5 Å². The Bertz CT molecular complexity index is 1360. The molecule has 0 aliphatic carbocycles. The van der Waals surface area contributed by atoms with E-state index in [1.54, 1.807) is 20.8 Å². The van der Waals surface area contributed by atoms with E-state index >= 15 is 4.39 Å². The molecule has 188 valence electrons. The molecule has 0 saturated heterocycles. The number of amidine groups is 1. The van der Waals surface area contributed by atoms with E-state index in [2.05, 4.69) is 24.1 Å². The molecule has 8 nitrogen and oxygen atoms in total. The molecule has 2 aromatic rings. The summed E-state index contributed by atoms with van der Waals surface area (Å²) < 4.78 is 61.4. The van der Waals surface area contributed by atoms with Crippen molar-refractivity contribution in [3.63, 3.8) is 0 Å². The molecule has 4 rings (SSSR count). The number of alkyl halides is 2. The number of ether oxygens (including phenoxy) is 1. The number of pyridine rings is 2. The minimum Gasteiger partial charge on any atom is -0.433 e. The highest BCUT2D eigenvalue weighted by Gasteiger charge is 2.57. The number of hydrogen-bond donors (Lipinski definition) is 1. The lowest BCUT2D eigenvalue weighted by Crippen LogP contribution is -2.58. The van der Waals surface area contributed by atoms with Gasteiger partial charge in [0.05, 0.1) is 32.6 Å². The van der Waals surface area contributed by atoms with Crippen LogP contribution in [0, 0.1) is 5.82 Å². The molecule has 0 spiro atoms. The van der Waals surface area contributed by atoms with Gasteiger partial charge in [-0.15, -0.1) is 0 Å². The number of halogens is 4. The van der Waals surface area contributed by atoms with Crippen molar-refractivity contribution < 1.29 is 26.9 Å². The number of carbonyl (C=O) groups is 1. The number of nitrogens with zero attached hydrogens (tertiary/aromatic N) is 4. The number of rotatable bonds is 6. The Morgan fingerprint density at radius 3 is 2.71 bits per heavy atom. The van der Waals surface area contributed by atoms with Crippen LogP contribution in [-0.4, -0.2) is 48.9 Å². The minimum atomic E-state index is -3.07. The van der Waals surface area contributed by atoms with Gasteiger partial charge in [0.2, 0.25) is 0 Å². The molecular weight excluding hydrogens is 507 g/mol. The van der Waals surface area contributed by atoms with E-state index in [0.29, 0.717) is 13.0 Å². The molecule has 2 aromatic heterocycles. The quantitative estimate of drug-likeness (QED) is 0.567. The summed E-state index contributed by atoms with van der Waals surface area (Å²) in [5, 5.41) is -0.801. The molecule has 2 aliphatic heterocycles. The molecule has 2 N–H and O–H groups in total. The molecule has 0 radical (unpaired) electrons. The maximum Gasteiger partial charge on any atom is 0.387 e. The van der Waals surface area contributed by atoms with Crippen LogP contribution in [0.1, 0.15) is 49.1 Å². The van der Waals surface area contributed by atoms with Crippen LogP contribution in [0.5, 0.6) is 5.75 Å². The summed E-state index contributed by atoms with van der Waals surface area (Å²) >= 11 is 6.03. The number of fused-ring (bicyclic) bond motifs is 1. The van der Waals surface area contributed by atoms with Crippen LogP contribution < -0.4 is 10.5 Å². The summed E-state index contributed by atoms with van der Waals surface area (Å²) in [6.07, 6.45) is 1.07. The van der Waals surface area contributed by atoms with Crippen LogP contribution in [0.3, 0.4) is 0 Å². The van der Waals surface area contributed by atoms with Crippen LogP contribution in [0.25, 0.3) is 0 Å². The largest absolute Gasteiger partial charge is 0.433 e. The average molecular weight is 530 g/mol. The van der Waals surface area contributed by atoms with Gasteiger partial charge in [-0.05, 0) is 39.3 Å². The molecule has 0 amide bonds. The summed E-state index contributed by atoms with van der Waals surface area (Å²) in [4.78, 5) is 25.6. The topological polar surface area (TPSA) is 120 Å². The predicted molar refractivity (Wildman–Crippen MR) is 125 cm³/mol. The van der Waals surface area contributed by atoms with E-state index in [1.165, 1.54) is 6.07 Å².